The summed E-state index contributed by atoms with van der Waals surface area (Å²) >= 11 is 5.16. The second-order valence-electron chi connectivity index (χ2n) is 5.10. The first kappa shape index (κ1) is 21.9. The number of thioether (sulfide) groups is 1. The van der Waals surface area contributed by atoms with Crippen molar-refractivity contribution in [1.82, 2.24) is 0 Å². The molecule has 144 valence electrons. The van der Waals surface area contributed by atoms with Gasteiger partial charge in [0.2, 0.25) is 0 Å². The number of thiocyanates is 1. The fraction of sp³-hybridized carbons (Fsp3) is 0. The average molecular weight is 455 g/mol. The summed E-state index contributed by atoms with van der Waals surface area (Å²) in [6.45, 7) is 0. The molecule has 28 heavy (non-hydrogen) atoms. The highest BCUT2D eigenvalue weighted by atomic mass is 32.2. The Balaban J connectivity index is 2.61. The molecule has 0 atom stereocenters. The average Bonchev–Trinajstić information content (AvgIpc) is 2.60. The van der Waals surface area contributed by atoms with Crippen LogP contribution in [0.4, 0.5) is 5.69 Å². The molecule has 2 aromatic carbocycles. The summed E-state index contributed by atoms with van der Waals surface area (Å²) in [6.07, 6.45) is 2.49. The van der Waals surface area contributed by atoms with Gasteiger partial charge in [0.25, 0.3) is 20.2 Å². The van der Waals surface area contributed by atoms with Crippen LogP contribution in [-0.4, -0.2) is 31.1 Å². The molecule has 0 fully saturated rings. The van der Waals surface area contributed by atoms with E-state index in [0.717, 1.165) is 12.1 Å². The Labute approximate surface area is 170 Å². The van der Waals surface area contributed by atoms with Crippen molar-refractivity contribution >= 4 is 67.2 Å². The van der Waals surface area contributed by atoms with Crippen molar-refractivity contribution in [2.24, 2.45) is 4.99 Å². The highest BCUT2D eigenvalue weighted by Crippen LogP contribution is 2.28. The molecule has 0 aliphatic heterocycles. The van der Waals surface area contributed by atoms with Gasteiger partial charge in [0.1, 0.15) is 15.2 Å². The SMILES string of the molecule is N#CSc1ccc(/C=C/c2ccc(N=C=S)cc2S(=O)(=O)O)c(S(=O)(=O)O)c1. The second-order valence-corrected chi connectivity index (χ2v) is 8.92. The summed E-state index contributed by atoms with van der Waals surface area (Å²) in [7, 11) is -9.22. The van der Waals surface area contributed by atoms with Gasteiger partial charge >= 0.3 is 0 Å². The van der Waals surface area contributed by atoms with E-state index in [1.54, 1.807) is 5.40 Å². The monoisotopic (exact) mass is 454 g/mol. The summed E-state index contributed by atoms with van der Waals surface area (Å²) in [5.74, 6) is 0. The van der Waals surface area contributed by atoms with Crippen molar-refractivity contribution in [3.63, 3.8) is 0 Å². The molecular formula is C16H10N2O6S4. The number of isothiocyanates is 1. The molecule has 0 aliphatic rings. The van der Waals surface area contributed by atoms with Crippen molar-refractivity contribution in [3.8, 4) is 5.40 Å². The lowest BCUT2D eigenvalue weighted by Gasteiger charge is -2.06. The van der Waals surface area contributed by atoms with Crippen LogP contribution in [0.15, 0.2) is 56.1 Å². The normalized spacial score (nSPS) is 11.8. The molecule has 0 saturated carbocycles. The van der Waals surface area contributed by atoms with E-state index in [1.165, 1.54) is 36.4 Å². The third-order valence-electron chi connectivity index (χ3n) is 3.32. The van der Waals surface area contributed by atoms with E-state index in [1.807, 2.05) is 0 Å². The maximum absolute atomic E-state index is 11.6. The highest BCUT2D eigenvalue weighted by Gasteiger charge is 2.17. The zero-order valence-corrected chi connectivity index (χ0v) is 16.9. The minimum absolute atomic E-state index is 0.0441. The van der Waals surface area contributed by atoms with Crippen LogP contribution in [0.5, 0.6) is 0 Å². The van der Waals surface area contributed by atoms with Crippen molar-refractivity contribution < 1.29 is 25.9 Å². The lowest BCUT2D eigenvalue weighted by molar-refractivity contribution is 0.480. The highest BCUT2D eigenvalue weighted by molar-refractivity contribution is 8.03. The van der Waals surface area contributed by atoms with Crippen LogP contribution >= 0.6 is 24.0 Å². The third-order valence-corrected chi connectivity index (χ3v) is 5.81. The van der Waals surface area contributed by atoms with Crippen molar-refractivity contribution in [2.75, 3.05) is 0 Å². The number of hydrogen-bond acceptors (Lipinski definition) is 8. The zero-order valence-electron chi connectivity index (χ0n) is 13.7. The molecule has 8 nitrogen and oxygen atoms in total. The number of hydrogen-bond donors (Lipinski definition) is 2. The Hall–Kier alpha value is -2.36. The van der Waals surface area contributed by atoms with Crippen molar-refractivity contribution in [3.05, 3.63) is 47.5 Å². The van der Waals surface area contributed by atoms with Gasteiger partial charge in [-0.05, 0) is 59.4 Å². The second kappa shape index (κ2) is 8.76. The van der Waals surface area contributed by atoms with Gasteiger partial charge in [0, 0.05) is 4.90 Å². The Morgan fingerprint density at radius 3 is 2.00 bits per heavy atom. The molecule has 2 rings (SSSR count). The molecule has 0 bridgehead atoms. The van der Waals surface area contributed by atoms with Crippen LogP contribution in [-0.2, 0) is 20.2 Å². The standard InChI is InChI=1S/C16H10N2O6S4/c17-9-26-14-6-4-12(16(8-14)28(22,23)24)2-1-11-3-5-13(18-10-25)7-15(11)27(19,20)21/h1-8H,(H,19,20,21)(H,22,23,24)/b2-1+. The minimum Gasteiger partial charge on any atom is -0.282 e. The van der Waals surface area contributed by atoms with Crippen LogP contribution < -0.4 is 0 Å². The third kappa shape index (κ3) is 5.57. The van der Waals surface area contributed by atoms with Gasteiger partial charge in [-0.25, -0.2) is 0 Å². The van der Waals surface area contributed by atoms with Gasteiger partial charge in [0.05, 0.1) is 10.8 Å². The van der Waals surface area contributed by atoms with E-state index in [-0.39, 0.29) is 16.8 Å². The molecule has 0 heterocycles. The van der Waals surface area contributed by atoms with Gasteiger partial charge in [-0.15, -0.1) is 0 Å². The predicted molar refractivity (Wildman–Crippen MR) is 108 cm³/mol. The lowest BCUT2D eigenvalue weighted by Crippen LogP contribution is -2.02. The van der Waals surface area contributed by atoms with Crippen LogP contribution in [0.1, 0.15) is 11.1 Å². The largest absolute Gasteiger partial charge is 0.295 e. The lowest BCUT2D eigenvalue weighted by atomic mass is 10.1. The zero-order chi connectivity index (χ0) is 20.9. The molecular weight excluding hydrogens is 444 g/mol. The summed E-state index contributed by atoms with van der Waals surface area (Å²) in [4.78, 5) is 3.01. The molecule has 0 unspecified atom stereocenters. The summed E-state index contributed by atoms with van der Waals surface area (Å²) in [5.41, 5.74) is 0.242. The van der Waals surface area contributed by atoms with Crippen LogP contribution in [0.3, 0.4) is 0 Å². The van der Waals surface area contributed by atoms with E-state index >= 15 is 0 Å². The fourth-order valence-electron chi connectivity index (χ4n) is 2.18. The maximum atomic E-state index is 11.6. The fourth-order valence-corrected chi connectivity index (χ4v) is 4.19. The Morgan fingerprint density at radius 2 is 1.50 bits per heavy atom. The quantitative estimate of drug-likeness (QED) is 0.167. The minimum atomic E-state index is -4.61. The van der Waals surface area contributed by atoms with Gasteiger partial charge < -0.3 is 0 Å². The molecule has 0 aliphatic carbocycles. The first-order valence-electron chi connectivity index (χ1n) is 7.11. The maximum Gasteiger partial charge on any atom is 0.295 e. The van der Waals surface area contributed by atoms with E-state index in [9.17, 15) is 25.9 Å². The Bertz CT molecular complexity index is 1250. The van der Waals surface area contributed by atoms with Gasteiger partial charge in [-0.3, -0.25) is 9.11 Å². The number of aliphatic imine (C=N–C) groups is 1. The molecule has 0 aromatic heterocycles. The number of nitrogens with zero attached hydrogens (tertiary/aromatic N) is 2. The molecule has 0 radical (unpaired) electrons. The number of rotatable bonds is 6. The van der Waals surface area contributed by atoms with E-state index in [2.05, 4.69) is 22.4 Å². The smallest absolute Gasteiger partial charge is 0.282 e. The van der Waals surface area contributed by atoms with Crippen LogP contribution in [0.25, 0.3) is 12.2 Å². The number of thiocarbonyl (C=S) groups is 1. The van der Waals surface area contributed by atoms with Crippen LogP contribution in [0, 0.1) is 10.7 Å². The molecule has 0 spiro atoms. The molecule has 12 heteroatoms. The van der Waals surface area contributed by atoms with E-state index < -0.39 is 30.0 Å². The van der Waals surface area contributed by atoms with Gasteiger partial charge in [-0.1, -0.05) is 24.3 Å². The van der Waals surface area contributed by atoms with Gasteiger partial charge in [-0.2, -0.15) is 27.1 Å². The van der Waals surface area contributed by atoms with Crippen LogP contribution in [0.2, 0.25) is 0 Å². The molecule has 0 amide bonds. The number of nitriles is 1. The molecule has 0 saturated heterocycles. The Morgan fingerprint density at radius 1 is 0.964 bits per heavy atom. The van der Waals surface area contributed by atoms with Crippen molar-refractivity contribution in [2.45, 2.75) is 14.7 Å². The van der Waals surface area contributed by atoms with Gasteiger partial charge in [0.15, 0.2) is 0 Å². The topological polar surface area (TPSA) is 145 Å². The molecule has 2 aromatic rings. The number of benzene rings is 2. The van der Waals surface area contributed by atoms with Crippen molar-refractivity contribution in [1.29, 1.82) is 5.26 Å². The summed E-state index contributed by atoms with van der Waals surface area (Å²) in [5, 5.41) is 12.6. The first-order valence-corrected chi connectivity index (χ1v) is 11.2. The summed E-state index contributed by atoms with van der Waals surface area (Å²) in [6, 6.07) is 7.75. The predicted octanol–water partition coefficient (Wildman–Crippen LogP) is 3.66. The van der Waals surface area contributed by atoms with E-state index in [4.69, 9.17) is 5.26 Å². The molecule has 2 N–H and O–H groups in total. The van der Waals surface area contributed by atoms with E-state index in [0.29, 0.717) is 16.7 Å². The summed E-state index contributed by atoms with van der Waals surface area (Å²) < 4.78 is 65.4. The first-order chi connectivity index (χ1) is 13.1. The Kier molecular flexibility index (Phi) is 6.87.